The van der Waals surface area contributed by atoms with Crippen molar-refractivity contribution in [3.8, 4) is 0 Å². The molecule has 0 bridgehead atoms. The molecule has 0 amide bonds. The number of hydrogen-bond acceptors (Lipinski definition) is 2. The van der Waals surface area contributed by atoms with Crippen molar-refractivity contribution in [1.82, 2.24) is 0 Å². The molecule has 6 heteroatoms. The summed E-state index contributed by atoms with van der Waals surface area (Å²) in [5.74, 6) is -0.533. The van der Waals surface area contributed by atoms with Gasteiger partial charge in [-0.15, -0.1) is 0 Å². The Kier molecular flexibility index (Phi) is 1.92. The number of nitrogens with one attached hydrogen (secondary N) is 1. The van der Waals surface area contributed by atoms with Crippen LogP contribution in [-0.2, 0) is 0 Å². The summed E-state index contributed by atoms with van der Waals surface area (Å²) in [6.07, 6.45) is -3.91. The van der Waals surface area contributed by atoms with Crippen molar-refractivity contribution in [3.63, 3.8) is 0 Å². The summed E-state index contributed by atoms with van der Waals surface area (Å²) in [4.78, 5) is 1.29. The van der Waals surface area contributed by atoms with Gasteiger partial charge in [0.05, 0.1) is 11.4 Å². The molecule has 0 saturated carbocycles. The second-order valence-electron chi connectivity index (χ2n) is 4.40. The topological polar surface area (TPSA) is 15.3 Å². The van der Waals surface area contributed by atoms with Gasteiger partial charge in [0, 0.05) is 13.0 Å². The smallest absolute Gasteiger partial charge is 0.353 e. The Morgan fingerprint density at radius 3 is 2.76 bits per heavy atom. The largest absolute Gasteiger partial charge is 0.430 e. The Balaban J connectivity index is 2.12. The molecule has 2 aliphatic heterocycles. The first-order chi connectivity index (χ1) is 7.94. The van der Waals surface area contributed by atoms with Crippen LogP contribution >= 0.6 is 0 Å². The first kappa shape index (κ1) is 10.7. The summed E-state index contributed by atoms with van der Waals surface area (Å²) in [7, 11) is 0. The number of anilines is 2. The zero-order valence-corrected chi connectivity index (χ0v) is 8.81. The number of rotatable bonds is 0. The fourth-order valence-electron chi connectivity index (χ4n) is 2.71. The molecule has 2 aliphatic rings. The van der Waals surface area contributed by atoms with Crippen LogP contribution < -0.4 is 10.2 Å². The molecule has 1 N–H and O–H groups in total. The average Bonchev–Trinajstić information content (AvgIpc) is 2.72. The molecule has 1 atom stereocenters. The third-order valence-electron chi connectivity index (χ3n) is 3.44. The van der Waals surface area contributed by atoms with Crippen LogP contribution in [0.3, 0.4) is 0 Å². The van der Waals surface area contributed by atoms with Crippen molar-refractivity contribution in [2.24, 2.45) is 0 Å². The normalized spacial score (nSPS) is 26.7. The van der Waals surface area contributed by atoms with E-state index in [1.54, 1.807) is 0 Å². The van der Waals surface area contributed by atoms with E-state index < -0.39 is 17.7 Å². The lowest BCUT2D eigenvalue weighted by molar-refractivity contribution is -0.174. The first-order valence-corrected chi connectivity index (χ1v) is 5.36. The second kappa shape index (κ2) is 3.05. The molecule has 1 saturated heterocycles. The predicted molar refractivity (Wildman–Crippen MR) is 55.4 cm³/mol. The van der Waals surface area contributed by atoms with E-state index in [-0.39, 0.29) is 12.1 Å². The van der Waals surface area contributed by atoms with E-state index in [1.165, 1.54) is 17.0 Å². The maximum atomic E-state index is 13.2. The van der Waals surface area contributed by atoms with Gasteiger partial charge in [0.1, 0.15) is 5.82 Å². The highest BCUT2D eigenvalue weighted by molar-refractivity contribution is 5.79. The molecule has 1 aromatic carbocycles. The van der Waals surface area contributed by atoms with Gasteiger partial charge >= 0.3 is 6.18 Å². The summed E-state index contributed by atoms with van der Waals surface area (Å²) in [5.41, 5.74) is -1.38. The monoisotopic (exact) mass is 246 g/mol. The molecule has 17 heavy (non-hydrogen) atoms. The second-order valence-corrected chi connectivity index (χ2v) is 4.40. The summed E-state index contributed by atoms with van der Waals surface area (Å²) in [6.45, 7) is 0.338. The minimum absolute atomic E-state index is 0.00714. The van der Waals surface area contributed by atoms with Crippen molar-refractivity contribution in [2.75, 3.05) is 16.8 Å². The molecule has 2 heterocycles. The zero-order valence-electron chi connectivity index (χ0n) is 8.81. The number of nitrogens with zero attached hydrogens (tertiary/aromatic N) is 1. The Morgan fingerprint density at radius 2 is 2.06 bits per heavy atom. The van der Waals surface area contributed by atoms with Crippen LogP contribution in [0, 0.1) is 5.82 Å². The number of benzene rings is 1. The van der Waals surface area contributed by atoms with Crippen LogP contribution in [0.25, 0.3) is 0 Å². The molecule has 1 unspecified atom stereocenters. The molecule has 1 aromatic rings. The summed E-state index contributed by atoms with van der Waals surface area (Å²) in [6, 6.07) is 3.70. The van der Waals surface area contributed by atoms with Crippen molar-refractivity contribution in [3.05, 3.63) is 24.0 Å². The van der Waals surface area contributed by atoms with Gasteiger partial charge in [-0.05, 0) is 24.6 Å². The molecule has 92 valence electrons. The zero-order chi connectivity index (χ0) is 12.3. The average molecular weight is 246 g/mol. The van der Waals surface area contributed by atoms with Gasteiger partial charge in [0.2, 0.25) is 5.66 Å². The number of hydrogen-bond donors (Lipinski definition) is 1. The SMILES string of the molecule is Fc1ccc2c(c1)NC1(C(F)(F)F)CCCN21. The summed E-state index contributed by atoms with van der Waals surface area (Å²) < 4.78 is 52.5. The molecule has 0 radical (unpaired) electrons. The standard InChI is InChI=1S/C11H10F4N2/c12-7-2-3-9-8(6-7)16-10(11(13,14)15)4-1-5-17(9)10/h2-3,6,16H,1,4-5H2. The van der Waals surface area contributed by atoms with Crippen molar-refractivity contribution in [1.29, 1.82) is 0 Å². The highest BCUT2D eigenvalue weighted by Gasteiger charge is 2.64. The van der Waals surface area contributed by atoms with E-state index in [0.29, 0.717) is 18.7 Å². The van der Waals surface area contributed by atoms with E-state index in [0.717, 1.165) is 6.07 Å². The van der Waals surface area contributed by atoms with Gasteiger partial charge in [-0.3, -0.25) is 0 Å². The summed E-state index contributed by atoms with van der Waals surface area (Å²) >= 11 is 0. The molecule has 0 aromatic heterocycles. The lowest BCUT2D eigenvalue weighted by atomic mass is 10.1. The molecule has 1 fully saturated rings. The minimum Gasteiger partial charge on any atom is -0.353 e. The van der Waals surface area contributed by atoms with Crippen LogP contribution in [0.15, 0.2) is 18.2 Å². The lowest BCUT2D eigenvalue weighted by Gasteiger charge is -2.35. The van der Waals surface area contributed by atoms with E-state index in [2.05, 4.69) is 5.32 Å². The molecule has 0 spiro atoms. The molecule has 3 rings (SSSR count). The molecule has 2 nitrogen and oxygen atoms in total. The van der Waals surface area contributed by atoms with Gasteiger partial charge in [0.15, 0.2) is 0 Å². The van der Waals surface area contributed by atoms with E-state index in [1.807, 2.05) is 0 Å². The van der Waals surface area contributed by atoms with Gasteiger partial charge in [-0.2, -0.15) is 13.2 Å². The van der Waals surface area contributed by atoms with Crippen LogP contribution in [0.4, 0.5) is 28.9 Å². The molecule has 0 aliphatic carbocycles. The lowest BCUT2D eigenvalue weighted by Crippen LogP contribution is -2.57. The fourth-order valence-corrected chi connectivity index (χ4v) is 2.71. The third-order valence-corrected chi connectivity index (χ3v) is 3.44. The summed E-state index contributed by atoms with van der Waals surface area (Å²) in [5, 5.41) is 2.45. The number of fused-ring (bicyclic) bond motifs is 3. The van der Waals surface area contributed by atoms with Crippen LogP contribution in [0.1, 0.15) is 12.8 Å². The van der Waals surface area contributed by atoms with Gasteiger partial charge < -0.3 is 10.2 Å². The van der Waals surface area contributed by atoms with Crippen molar-refractivity contribution >= 4 is 11.4 Å². The van der Waals surface area contributed by atoms with Crippen LogP contribution in [-0.4, -0.2) is 18.4 Å². The highest BCUT2D eigenvalue weighted by atomic mass is 19.4. The number of halogens is 4. The van der Waals surface area contributed by atoms with Gasteiger partial charge in [-0.1, -0.05) is 0 Å². The Bertz CT molecular complexity index is 471. The van der Waals surface area contributed by atoms with Crippen molar-refractivity contribution in [2.45, 2.75) is 24.7 Å². The van der Waals surface area contributed by atoms with E-state index >= 15 is 0 Å². The minimum atomic E-state index is -4.38. The maximum Gasteiger partial charge on any atom is 0.430 e. The Morgan fingerprint density at radius 1 is 1.29 bits per heavy atom. The van der Waals surface area contributed by atoms with Crippen LogP contribution in [0.5, 0.6) is 0 Å². The Hall–Kier alpha value is -1.46. The van der Waals surface area contributed by atoms with Gasteiger partial charge in [-0.25, -0.2) is 4.39 Å². The third kappa shape index (κ3) is 1.26. The quantitative estimate of drug-likeness (QED) is 0.707. The maximum absolute atomic E-state index is 13.2. The fraction of sp³-hybridized carbons (Fsp3) is 0.455. The molecular weight excluding hydrogens is 236 g/mol. The molecular formula is C11H10F4N2. The highest BCUT2D eigenvalue weighted by Crippen LogP contribution is 2.52. The van der Waals surface area contributed by atoms with Crippen LogP contribution in [0.2, 0.25) is 0 Å². The Labute approximate surface area is 95.2 Å². The number of alkyl halides is 3. The predicted octanol–water partition coefficient (Wildman–Crippen LogP) is 3.11. The van der Waals surface area contributed by atoms with Crippen molar-refractivity contribution < 1.29 is 17.6 Å². The first-order valence-electron chi connectivity index (χ1n) is 5.36. The van der Waals surface area contributed by atoms with E-state index in [9.17, 15) is 17.6 Å². The van der Waals surface area contributed by atoms with E-state index in [4.69, 9.17) is 0 Å². The van der Waals surface area contributed by atoms with Gasteiger partial charge in [0.25, 0.3) is 0 Å².